The number of aromatic nitrogens is 3. The summed E-state index contributed by atoms with van der Waals surface area (Å²) in [5.74, 6) is 0.0135. The summed E-state index contributed by atoms with van der Waals surface area (Å²) in [4.78, 5) is 14.9. The molecule has 2 aromatic heterocycles. The Labute approximate surface area is 165 Å². The van der Waals surface area contributed by atoms with Gasteiger partial charge in [0.15, 0.2) is 0 Å². The fraction of sp³-hybridized carbons (Fsp3) is 0.364. The predicted molar refractivity (Wildman–Crippen MR) is 111 cm³/mol. The molecule has 1 atom stereocenters. The topological polar surface area (TPSA) is 66.0 Å². The van der Waals surface area contributed by atoms with Gasteiger partial charge >= 0.3 is 0 Å². The monoisotopic (exact) mass is 377 g/mol. The number of likely N-dealkylation sites (tertiary alicyclic amines) is 1. The van der Waals surface area contributed by atoms with Crippen molar-refractivity contribution >= 4 is 11.6 Å². The Balaban J connectivity index is 1.44. The zero-order chi connectivity index (χ0) is 19.7. The lowest BCUT2D eigenvalue weighted by molar-refractivity contribution is 0.0709. The third-order valence-electron chi connectivity index (χ3n) is 5.60. The quantitative estimate of drug-likeness (QED) is 0.728. The van der Waals surface area contributed by atoms with Gasteiger partial charge in [-0.15, -0.1) is 0 Å². The molecule has 0 aliphatic carbocycles. The Morgan fingerprint density at radius 3 is 2.82 bits per heavy atom. The van der Waals surface area contributed by atoms with Crippen LogP contribution in [0.25, 0.3) is 11.4 Å². The highest BCUT2D eigenvalue weighted by atomic mass is 16.2. The molecule has 1 unspecified atom stereocenters. The number of anilines is 1. The first kappa shape index (κ1) is 18.3. The van der Waals surface area contributed by atoms with Crippen LogP contribution in [-0.2, 0) is 7.05 Å². The molecule has 28 heavy (non-hydrogen) atoms. The maximum atomic E-state index is 13.0. The molecule has 3 aromatic rings. The summed E-state index contributed by atoms with van der Waals surface area (Å²) in [6.07, 6.45) is 4.03. The number of hydrogen-bond donors (Lipinski definition) is 2. The first-order valence-electron chi connectivity index (χ1n) is 9.81. The minimum atomic E-state index is 0.0135. The van der Waals surface area contributed by atoms with Gasteiger partial charge in [0.25, 0.3) is 5.91 Å². The van der Waals surface area contributed by atoms with Crippen LogP contribution in [-0.4, -0.2) is 44.7 Å². The van der Waals surface area contributed by atoms with Crippen molar-refractivity contribution in [3.63, 3.8) is 0 Å². The summed E-state index contributed by atoms with van der Waals surface area (Å²) in [7, 11) is 1.97. The van der Waals surface area contributed by atoms with Crippen LogP contribution in [0.4, 0.5) is 5.69 Å². The highest BCUT2D eigenvalue weighted by molar-refractivity contribution is 5.93. The third-order valence-corrected chi connectivity index (χ3v) is 5.60. The van der Waals surface area contributed by atoms with Crippen molar-refractivity contribution in [1.82, 2.24) is 19.7 Å². The number of amides is 1. The Hall–Kier alpha value is -3.02. The Morgan fingerprint density at radius 1 is 1.21 bits per heavy atom. The Kier molecular flexibility index (Phi) is 4.94. The minimum Gasteiger partial charge on any atom is -0.381 e. The van der Waals surface area contributed by atoms with Crippen molar-refractivity contribution < 1.29 is 4.79 Å². The van der Waals surface area contributed by atoms with Gasteiger partial charge in [0.1, 0.15) is 11.4 Å². The first-order valence-corrected chi connectivity index (χ1v) is 9.81. The molecule has 1 fully saturated rings. The maximum absolute atomic E-state index is 13.0. The van der Waals surface area contributed by atoms with Crippen molar-refractivity contribution in [3.05, 3.63) is 59.4 Å². The number of benzene rings is 1. The molecule has 1 aliphatic heterocycles. The van der Waals surface area contributed by atoms with Gasteiger partial charge in [-0.3, -0.25) is 9.89 Å². The summed E-state index contributed by atoms with van der Waals surface area (Å²) in [6.45, 7) is 5.72. The lowest BCUT2D eigenvalue weighted by atomic mass is 10.0. The van der Waals surface area contributed by atoms with E-state index in [1.165, 1.54) is 11.1 Å². The van der Waals surface area contributed by atoms with Crippen molar-refractivity contribution in [2.75, 3.05) is 18.4 Å². The number of rotatable bonds is 4. The van der Waals surface area contributed by atoms with Crippen LogP contribution in [0.15, 0.2) is 42.6 Å². The van der Waals surface area contributed by atoms with Crippen molar-refractivity contribution in [3.8, 4) is 11.4 Å². The first-order chi connectivity index (χ1) is 13.5. The summed E-state index contributed by atoms with van der Waals surface area (Å²) in [5.41, 5.74) is 6.01. The van der Waals surface area contributed by atoms with E-state index in [9.17, 15) is 4.79 Å². The van der Waals surface area contributed by atoms with Gasteiger partial charge < -0.3 is 14.8 Å². The third kappa shape index (κ3) is 3.67. The van der Waals surface area contributed by atoms with E-state index in [1.807, 2.05) is 40.9 Å². The number of piperidine rings is 1. The van der Waals surface area contributed by atoms with E-state index in [1.54, 1.807) is 0 Å². The van der Waals surface area contributed by atoms with E-state index in [4.69, 9.17) is 0 Å². The molecule has 1 aromatic carbocycles. The van der Waals surface area contributed by atoms with Crippen LogP contribution < -0.4 is 5.32 Å². The molecule has 0 saturated carbocycles. The molecular formula is C22H27N5O. The molecule has 6 nitrogen and oxygen atoms in total. The summed E-state index contributed by atoms with van der Waals surface area (Å²) >= 11 is 0. The highest BCUT2D eigenvalue weighted by Crippen LogP contribution is 2.22. The van der Waals surface area contributed by atoms with E-state index >= 15 is 0 Å². The van der Waals surface area contributed by atoms with Gasteiger partial charge in [-0.2, -0.15) is 5.10 Å². The molecule has 2 N–H and O–H groups in total. The SMILES string of the molecule is Cc1ccc(NC2CCCN(C(=O)c3cc(-c4cccn4C)n[nH]3)C2)cc1C. The van der Waals surface area contributed by atoms with Gasteiger partial charge in [-0.1, -0.05) is 6.07 Å². The molecule has 1 amide bonds. The van der Waals surface area contributed by atoms with E-state index in [0.29, 0.717) is 12.2 Å². The molecule has 4 rings (SSSR count). The Morgan fingerprint density at radius 2 is 2.07 bits per heavy atom. The molecule has 1 saturated heterocycles. The van der Waals surface area contributed by atoms with Crippen molar-refractivity contribution in [2.45, 2.75) is 32.7 Å². The van der Waals surface area contributed by atoms with Gasteiger partial charge in [-0.25, -0.2) is 0 Å². The summed E-state index contributed by atoms with van der Waals surface area (Å²) in [6, 6.07) is 12.5. The predicted octanol–water partition coefficient (Wildman–Crippen LogP) is 3.75. The second kappa shape index (κ2) is 7.54. The summed E-state index contributed by atoms with van der Waals surface area (Å²) in [5, 5.41) is 10.8. The average Bonchev–Trinajstić information content (AvgIpc) is 3.33. The van der Waals surface area contributed by atoms with E-state index in [0.717, 1.165) is 36.5 Å². The van der Waals surface area contributed by atoms with Gasteiger partial charge in [0.2, 0.25) is 0 Å². The number of carbonyl (C=O) groups is 1. The lowest BCUT2D eigenvalue weighted by Gasteiger charge is -2.33. The number of H-pyrrole nitrogens is 1. The number of hydrogen-bond acceptors (Lipinski definition) is 3. The van der Waals surface area contributed by atoms with E-state index < -0.39 is 0 Å². The molecule has 6 heteroatoms. The maximum Gasteiger partial charge on any atom is 0.271 e. The van der Waals surface area contributed by atoms with Gasteiger partial charge in [0.05, 0.1) is 5.69 Å². The zero-order valence-corrected chi connectivity index (χ0v) is 16.7. The Bertz CT molecular complexity index is 986. The number of nitrogens with zero attached hydrogens (tertiary/aromatic N) is 3. The molecule has 3 heterocycles. The van der Waals surface area contributed by atoms with Gasteiger partial charge in [0, 0.05) is 38.1 Å². The fourth-order valence-electron chi connectivity index (χ4n) is 3.81. The second-order valence-corrected chi connectivity index (χ2v) is 7.70. The number of aryl methyl sites for hydroxylation is 3. The number of carbonyl (C=O) groups excluding carboxylic acids is 1. The highest BCUT2D eigenvalue weighted by Gasteiger charge is 2.26. The second-order valence-electron chi connectivity index (χ2n) is 7.70. The fourth-order valence-corrected chi connectivity index (χ4v) is 3.81. The molecule has 0 spiro atoms. The van der Waals surface area contributed by atoms with Crippen LogP contribution in [0, 0.1) is 13.8 Å². The number of nitrogens with one attached hydrogen (secondary N) is 2. The normalized spacial score (nSPS) is 17.0. The van der Waals surface area contributed by atoms with Crippen LogP contribution >= 0.6 is 0 Å². The minimum absolute atomic E-state index is 0.0135. The molecule has 0 bridgehead atoms. The van der Waals surface area contributed by atoms with Crippen LogP contribution in [0.5, 0.6) is 0 Å². The lowest BCUT2D eigenvalue weighted by Crippen LogP contribution is -2.45. The van der Waals surface area contributed by atoms with Crippen molar-refractivity contribution in [2.24, 2.45) is 7.05 Å². The average molecular weight is 377 g/mol. The van der Waals surface area contributed by atoms with E-state index in [2.05, 4.69) is 47.6 Å². The van der Waals surface area contributed by atoms with Crippen LogP contribution in [0.3, 0.4) is 0 Å². The standard InChI is InChI=1S/C22H27N5O/c1-15-8-9-17(12-16(15)2)23-18-6-4-11-27(14-18)22(28)20-13-19(24-25-20)21-7-5-10-26(21)3/h5,7-10,12-13,18,23H,4,6,11,14H2,1-3H3,(H,24,25). The smallest absolute Gasteiger partial charge is 0.271 e. The van der Waals surface area contributed by atoms with E-state index in [-0.39, 0.29) is 11.9 Å². The van der Waals surface area contributed by atoms with Gasteiger partial charge in [-0.05, 0) is 68.1 Å². The van der Waals surface area contributed by atoms with Crippen LogP contribution in [0.1, 0.15) is 34.5 Å². The number of aromatic amines is 1. The molecule has 1 aliphatic rings. The summed E-state index contributed by atoms with van der Waals surface area (Å²) < 4.78 is 1.99. The van der Waals surface area contributed by atoms with Crippen molar-refractivity contribution in [1.29, 1.82) is 0 Å². The van der Waals surface area contributed by atoms with Crippen LogP contribution in [0.2, 0.25) is 0 Å². The zero-order valence-electron chi connectivity index (χ0n) is 16.7. The molecular weight excluding hydrogens is 350 g/mol. The largest absolute Gasteiger partial charge is 0.381 e. The molecule has 0 radical (unpaired) electrons. The molecule has 146 valence electrons.